The number of carbonyl (C=O) groups is 1. The van der Waals surface area contributed by atoms with Crippen LogP contribution in [0.5, 0.6) is 0 Å². The van der Waals surface area contributed by atoms with Crippen molar-refractivity contribution in [1.29, 1.82) is 0 Å². The van der Waals surface area contributed by atoms with Crippen LogP contribution in [0.2, 0.25) is 0 Å². The molecule has 1 rings (SSSR count). The molecular weight excluding hydrogens is 311 g/mol. The first-order valence-corrected chi connectivity index (χ1v) is 9.17. The molecule has 7 heteroatoms. The van der Waals surface area contributed by atoms with Crippen molar-refractivity contribution in [3.8, 4) is 0 Å². The van der Waals surface area contributed by atoms with Gasteiger partial charge in [0.2, 0.25) is 0 Å². The first-order valence-electron chi connectivity index (χ1n) is 6.57. The maximum Gasteiger partial charge on any atom is 0.342 e. The molecule has 0 heterocycles. The van der Waals surface area contributed by atoms with E-state index in [0.717, 1.165) is 11.8 Å². The molecule has 3 N–H and O–H groups in total. The lowest BCUT2D eigenvalue weighted by Gasteiger charge is -2.36. The van der Waals surface area contributed by atoms with Crippen LogP contribution in [0, 0.1) is 11.8 Å². The van der Waals surface area contributed by atoms with Crippen molar-refractivity contribution in [3.63, 3.8) is 0 Å². The molecule has 21 heavy (non-hydrogen) atoms. The third-order valence-corrected chi connectivity index (χ3v) is 6.60. The van der Waals surface area contributed by atoms with Gasteiger partial charge in [0, 0.05) is 10.6 Å². The Hall–Kier alpha value is -0.810. The standard InChI is InChI=1S/C14H21O5PS/c1-10(2)12(9-21-11-7-5-4-6-8-11)14(3,13(15)16)20(17,18)19/h4-8,10,12H,9H2,1-3H3,(H,15,16)(H2,17,18,19). The molecule has 118 valence electrons. The van der Waals surface area contributed by atoms with Gasteiger partial charge in [-0.3, -0.25) is 9.36 Å². The summed E-state index contributed by atoms with van der Waals surface area (Å²) in [4.78, 5) is 31.6. The fourth-order valence-corrected chi connectivity index (χ4v) is 4.84. The number of carboxylic acid groups (broad SMARTS) is 1. The van der Waals surface area contributed by atoms with E-state index in [1.165, 1.54) is 11.8 Å². The van der Waals surface area contributed by atoms with E-state index in [1.54, 1.807) is 13.8 Å². The molecule has 0 radical (unpaired) electrons. The quantitative estimate of drug-likeness (QED) is 0.525. The summed E-state index contributed by atoms with van der Waals surface area (Å²) in [5.74, 6) is -1.95. The van der Waals surface area contributed by atoms with Crippen molar-refractivity contribution in [2.75, 3.05) is 5.75 Å². The second-order valence-electron chi connectivity index (χ2n) is 5.47. The van der Waals surface area contributed by atoms with Gasteiger partial charge in [-0.1, -0.05) is 32.0 Å². The van der Waals surface area contributed by atoms with Gasteiger partial charge in [-0.15, -0.1) is 11.8 Å². The van der Waals surface area contributed by atoms with E-state index >= 15 is 0 Å². The summed E-state index contributed by atoms with van der Waals surface area (Å²) in [6.45, 7) is 4.71. The lowest BCUT2D eigenvalue weighted by atomic mass is 9.85. The first kappa shape index (κ1) is 18.2. The van der Waals surface area contributed by atoms with E-state index < -0.39 is 24.6 Å². The van der Waals surface area contributed by atoms with E-state index in [2.05, 4.69) is 0 Å². The fraction of sp³-hybridized carbons (Fsp3) is 0.500. The van der Waals surface area contributed by atoms with Crippen molar-refractivity contribution in [2.24, 2.45) is 11.8 Å². The Morgan fingerprint density at radius 1 is 1.29 bits per heavy atom. The summed E-state index contributed by atoms with van der Waals surface area (Å²) in [6, 6.07) is 9.38. The van der Waals surface area contributed by atoms with E-state index in [1.807, 2.05) is 30.3 Å². The molecule has 0 spiro atoms. The molecule has 0 bridgehead atoms. The molecule has 2 unspecified atom stereocenters. The molecule has 0 aliphatic carbocycles. The Morgan fingerprint density at radius 3 is 2.19 bits per heavy atom. The number of hydrogen-bond acceptors (Lipinski definition) is 3. The van der Waals surface area contributed by atoms with Gasteiger partial charge in [0.05, 0.1) is 0 Å². The largest absolute Gasteiger partial charge is 0.480 e. The Balaban J connectivity index is 3.05. The van der Waals surface area contributed by atoms with Crippen molar-refractivity contribution in [1.82, 2.24) is 0 Å². The third-order valence-electron chi connectivity index (χ3n) is 3.74. The number of aliphatic carboxylic acids is 1. The highest BCUT2D eigenvalue weighted by molar-refractivity contribution is 7.99. The van der Waals surface area contributed by atoms with Gasteiger partial charge < -0.3 is 14.9 Å². The minimum Gasteiger partial charge on any atom is -0.480 e. The SMILES string of the molecule is CC(C)C(CSc1ccccc1)C(C)(C(=O)O)P(=O)(O)O. The molecule has 1 aromatic carbocycles. The molecule has 0 aliphatic rings. The number of hydrogen-bond donors (Lipinski definition) is 3. The van der Waals surface area contributed by atoms with Crippen LogP contribution in [0.25, 0.3) is 0 Å². The van der Waals surface area contributed by atoms with Gasteiger partial charge in [0.1, 0.15) is 0 Å². The highest BCUT2D eigenvalue weighted by Gasteiger charge is 2.56. The topological polar surface area (TPSA) is 94.8 Å². The van der Waals surface area contributed by atoms with Crippen LogP contribution in [0.4, 0.5) is 0 Å². The zero-order chi connectivity index (χ0) is 16.3. The van der Waals surface area contributed by atoms with Gasteiger partial charge in [0.25, 0.3) is 0 Å². The van der Waals surface area contributed by atoms with Gasteiger partial charge >= 0.3 is 13.6 Å². The maximum atomic E-state index is 11.8. The van der Waals surface area contributed by atoms with Crippen molar-refractivity contribution in [2.45, 2.75) is 30.8 Å². The maximum absolute atomic E-state index is 11.8. The van der Waals surface area contributed by atoms with Crippen LogP contribution in [0.15, 0.2) is 35.2 Å². The molecular formula is C14H21O5PS. The third kappa shape index (κ3) is 4.10. The minimum absolute atomic E-state index is 0.171. The summed E-state index contributed by atoms with van der Waals surface area (Å²) in [6.07, 6.45) is 0. The summed E-state index contributed by atoms with van der Waals surface area (Å²) >= 11 is 1.41. The molecule has 0 aromatic heterocycles. The molecule has 1 aromatic rings. The normalized spacial score (nSPS) is 16.5. The van der Waals surface area contributed by atoms with Crippen LogP contribution in [0.3, 0.4) is 0 Å². The summed E-state index contributed by atoms with van der Waals surface area (Å²) < 4.78 is 11.8. The zero-order valence-electron chi connectivity index (χ0n) is 12.3. The lowest BCUT2D eigenvalue weighted by Crippen LogP contribution is -2.46. The van der Waals surface area contributed by atoms with E-state index in [4.69, 9.17) is 0 Å². The monoisotopic (exact) mass is 332 g/mol. The molecule has 5 nitrogen and oxygen atoms in total. The smallest absolute Gasteiger partial charge is 0.342 e. The average molecular weight is 332 g/mol. The number of carboxylic acids is 1. The minimum atomic E-state index is -4.79. The fourth-order valence-electron chi connectivity index (χ4n) is 2.21. The first-order chi connectivity index (χ1) is 9.60. The predicted octanol–water partition coefficient (Wildman–Crippen LogP) is 3.07. The van der Waals surface area contributed by atoms with Crippen LogP contribution < -0.4 is 0 Å². The lowest BCUT2D eigenvalue weighted by molar-refractivity contribution is -0.142. The van der Waals surface area contributed by atoms with Crippen molar-refractivity contribution in [3.05, 3.63) is 30.3 Å². The van der Waals surface area contributed by atoms with Gasteiger partial charge in [-0.05, 0) is 30.9 Å². The van der Waals surface area contributed by atoms with Crippen LogP contribution >= 0.6 is 19.4 Å². The Labute approximate surface area is 128 Å². The molecule has 0 fully saturated rings. The van der Waals surface area contributed by atoms with Crippen LogP contribution in [-0.2, 0) is 9.36 Å². The van der Waals surface area contributed by atoms with E-state index in [-0.39, 0.29) is 5.92 Å². The highest BCUT2D eigenvalue weighted by atomic mass is 32.2. The van der Waals surface area contributed by atoms with E-state index in [0.29, 0.717) is 5.75 Å². The molecule has 0 saturated carbocycles. The number of benzene rings is 1. The summed E-state index contributed by atoms with van der Waals surface area (Å²) in [7, 11) is -4.79. The van der Waals surface area contributed by atoms with Crippen LogP contribution in [-0.4, -0.2) is 31.8 Å². The van der Waals surface area contributed by atoms with Gasteiger partial charge in [0.15, 0.2) is 5.16 Å². The molecule has 2 atom stereocenters. The Morgan fingerprint density at radius 2 is 1.81 bits per heavy atom. The van der Waals surface area contributed by atoms with Crippen molar-refractivity contribution >= 4 is 25.3 Å². The molecule has 0 amide bonds. The second kappa shape index (κ2) is 6.97. The zero-order valence-corrected chi connectivity index (χ0v) is 14.0. The molecule has 0 saturated heterocycles. The second-order valence-corrected chi connectivity index (χ2v) is 8.58. The highest BCUT2D eigenvalue weighted by Crippen LogP contribution is 2.57. The molecule has 0 aliphatic heterocycles. The number of thioether (sulfide) groups is 1. The summed E-state index contributed by atoms with van der Waals surface area (Å²) in [5, 5.41) is 7.30. The predicted molar refractivity (Wildman–Crippen MR) is 83.6 cm³/mol. The Kier molecular flexibility index (Phi) is 6.05. The van der Waals surface area contributed by atoms with Crippen molar-refractivity contribution < 1.29 is 24.3 Å². The number of rotatable bonds is 7. The average Bonchev–Trinajstić information content (AvgIpc) is 2.37. The Bertz CT molecular complexity index is 527. The van der Waals surface area contributed by atoms with Crippen LogP contribution in [0.1, 0.15) is 20.8 Å². The summed E-state index contributed by atoms with van der Waals surface area (Å²) in [5.41, 5.74) is 0. The van der Waals surface area contributed by atoms with E-state index in [9.17, 15) is 24.3 Å². The van der Waals surface area contributed by atoms with Gasteiger partial charge in [-0.2, -0.15) is 0 Å². The van der Waals surface area contributed by atoms with Gasteiger partial charge in [-0.25, -0.2) is 0 Å².